The molecule has 2 heterocycles. The first-order valence-corrected chi connectivity index (χ1v) is 8.06. The molecule has 136 valence electrons. The summed E-state index contributed by atoms with van der Waals surface area (Å²) in [6.45, 7) is 2.71. The van der Waals surface area contributed by atoms with Crippen molar-refractivity contribution in [2.24, 2.45) is 12.0 Å². The van der Waals surface area contributed by atoms with Gasteiger partial charge in [-0.25, -0.2) is 0 Å². The molecule has 2 aromatic rings. The predicted molar refractivity (Wildman–Crippen MR) is 108 cm³/mol. The van der Waals surface area contributed by atoms with Crippen molar-refractivity contribution in [3.63, 3.8) is 0 Å². The summed E-state index contributed by atoms with van der Waals surface area (Å²) in [5, 5.41) is 10.7. The van der Waals surface area contributed by atoms with Crippen LogP contribution in [0.2, 0.25) is 0 Å². The molecule has 8 heteroatoms. The Morgan fingerprint density at radius 1 is 1.16 bits per heavy atom. The molecule has 1 aliphatic heterocycles. The number of aliphatic imine (C=N–C) groups is 1. The van der Waals surface area contributed by atoms with E-state index in [-0.39, 0.29) is 24.0 Å². The van der Waals surface area contributed by atoms with Crippen LogP contribution in [0.15, 0.2) is 35.5 Å². The van der Waals surface area contributed by atoms with E-state index in [1.54, 1.807) is 13.2 Å². The van der Waals surface area contributed by atoms with E-state index >= 15 is 0 Å². The Morgan fingerprint density at radius 2 is 1.92 bits per heavy atom. The van der Waals surface area contributed by atoms with E-state index in [9.17, 15) is 0 Å². The third-order valence-corrected chi connectivity index (χ3v) is 3.85. The van der Waals surface area contributed by atoms with Crippen molar-refractivity contribution in [1.29, 1.82) is 0 Å². The second kappa shape index (κ2) is 9.50. The van der Waals surface area contributed by atoms with Gasteiger partial charge in [0.05, 0.1) is 25.5 Å². The van der Waals surface area contributed by atoms with Gasteiger partial charge < -0.3 is 20.1 Å². The number of aryl methyl sites for hydroxylation is 1. The lowest BCUT2D eigenvalue weighted by Crippen LogP contribution is -2.36. The normalized spacial score (nSPS) is 13.6. The second-order valence-electron chi connectivity index (χ2n) is 5.56. The molecule has 1 aromatic heterocycles. The SMILES string of the molecule is CN=C(NCc1ccc2c(c1)OCCCO2)NCc1ccnn1C.I. The van der Waals surface area contributed by atoms with Gasteiger partial charge in [0, 0.05) is 33.3 Å². The number of aromatic nitrogens is 2. The van der Waals surface area contributed by atoms with Crippen molar-refractivity contribution < 1.29 is 9.47 Å². The van der Waals surface area contributed by atoms with Crippen LogP contribution >= 0.6 is 24.0 Å². The van der Waals surface area contributed by atoms with Crippen LogP contribution in [0, 0.1) is 0 Å². The summed E-state index contributed by atoms with van der Waals surface area (Å²) in [5.74, 6) is 2.36. The predicted octanol–water partition coefficient (Wildman–Crippen LogP) is 2.06. The van der Waals surface area contributed by atoms with Gasteiger partial charge in [-0.15, -0.1) is 24.0 Å². The molecule has 0 atom stereocenters. The molecule has 0 saturated heterocycles. The highest BCUT2D eigenvalue weighted by Crippen LogP contribution is 2.30. The number of nitrogens with one attached hydrogen (secondary N) is 2. The summed E-state index contributed by atoms with van der Waals surface area (Å²) in [4.78, 5) is 4.24. The zero-order valence-electron chi connectivity index (χ0n) is 14.5. The summed E-state index contributed by atoms with van der Waals surface area (Å²) in [6.07, 6.45) is 2.69. The van der Waals surface area contributed by atoms with Crippen molar-refractivity contribution >= 4 is 29.9 Å². The first-order chi connectivity index (χ1) is 11.8. The molecule has 1 aromatic carbocycles. The maximum absolute atomic E-state index is 5.72. The number of hydrogen-bond acceptors (Lipinski definition) is 4. The Balaban J connectivity index is 0.00000225. The largest absolute Gasteiger partial charge is 0.490 e. The molecule has 0 unspecified atom stereocenters. The fraction of sp³-hybridized carbons (Fsp3) is 0.412. The van der Waals surface area contributed by atoms with Crippen molar-refractivity contribution in [3.8, 4) is 11.5 Å². The van der Waals surface area contributed by atoms with Gasteiger partial charge in [-0.3, -0.25) is 9.67 Å². The summed E-state index contributed by atoms with van der Waals surface area (Å²) < 4.78 is 13.2. The molecule has 0 radical (unpaired) electrons. The third-order valence-electron chi connectivity index (χ3n) is 3.85. The Morgan fingerprint density at radius 3 is 2.64 bits per heavy atom. The van der Waals surface area contributed by atoms with Gasteiger partial charge in [0.2, 0.25) is 0 Å². The van der Waals surface area contributed by atoms with E-state index in [0.29, 0.717) is 26.3 Å². The van der Waals surface area contributed by atoms with Crippen molar-refractivity contribution in [3.05, 3.63) is 41.7 Å². The summed E-state index contributed by atoms with van der Waals surface area (Å²) >= 11 is 0. The van der Waals surface area contributed by atoms with Gasteiger partial charge in [-0.2, -0.15) is 5.10 Å². The first kappa shape index (κ1) is 19.4. The summed E-state index contributed by atoms with van der Waals surface area (Å²) in [6, 6.07) is 7.99. The molecule has 0 amide bonds. The van der Waals surface area contributed by atoms with Crippen LogP contribution in [0.1, 0.15) is 17.7 Å². The number of fused-ring (bicyclic) bond motifs is 1. The van der Waals surface area contributed by atoms with Gasteiger partial charge in [0.25, 0.3) is 0 Å². The third kappa shape index (κ3) is 5.25. The maximum atomic E-state index is 5.72. The highest BCUT2D eigenvalue weighted by molar-refractivity contribution is 14.0. The van der Waals surface area contributed by atoms with Gasteiger partial charge in [-0.1, -0.05) is 6.07 Å². The number of hydrogen-bond donors (Lipinski definition) is 2. The Labute approximate surface area is 164 Å². The van der Waals surface area contributed by atoms with Crippen LogP contribution in [-0.4, -0.2) is 36.0 Å². The lowest BCUT2D eigenvalue weighted by atomic mass is 10.2. The fourth-order valence-electron chi connectivity index (χ4n) is 2.47. The summed E-state index contributed by atoms with van der Waals surface area (Å²) in [5.41, 5.74) is 2.20. The number of ether oxygens (including phenoxy) is 2. The minimum Gasteiger partial charge on any atom is -0.490 e. The van der Waals surface area contributed by atoms with Crippen molar-refractivity contribution in [2.45, 2.75) is 19.5 Å². The highest BCUT2D eigenvalue weighted by atomic mass is 127. The Kier molecular flexibility index (Phi) is 7.35. The number of guanidine groups is 1. The molecular formula is C17H24IN5O2. The molecule has 2 N–H and O–H groups in total. The van der Waals surface area contributed by atoms with E-state index in [1.165, 1.54) is 0 Å². The van der Waals surface area contributed by atoms with Crippen molar-refractivity contribution in [1.82, 2.24) is 20.4 Å². The molecule has 3 rings (SSSR count). The smallest absolute Gasteiger partial charge is 0.191 e. The van der Waals surface area contributed by atoms with E-state index in [1.807, 2.05) is 36.0 Å². The number of rotatable bonds is 4. The van der Waals surface area contributed by atoms with Gasteiger partial charge in [0.15, 0.2) is 17.5 Å². The fourth-order valence-corrected chi connectivity index (χ4v) is 2.47. The molecule has 0 fully saturated rings. The standard InChI is InChI=1S/C17H23N5O2.HI/c1-18-17(20-12-14-6-7-21-22(14)2)19-11-13-4-5-15-16(10-13)24-9-3-8-23-15;/h4-7,10H,3,8-9,11-12H2,1-2H3,(H2,18,19,20);1H. The average molecular weight is 457 g/mol. The molecule has 25 heavy (non-hydrogen) atoms. The van der Waals surface area contributed by atoms with E-state index in [2.05, 4.69) is 20.7 Å². The van der Waals surface area contributed by atoms with Crippen molar-refractivity contribution in [2.75, 3.05) is 20.3 Å². The maximum Gasteiger partial charge on any atom is 0.191 e. The molecular weight excluding hydrogens is 433 g/mol. The molecule has 0 bridgehead atoms. The lowest BCUT2D eigenvalue weighted by molar-refractivity contribution is 0.297. The zero-order valence-corrected chi connectivity index (χ0v) is 16.8. The second-order valence-corrected chi connectivity index (χ2v) is 5.56. The van der Waals surface area contributed by atoms with Crippen LogP contribution in [0.5, 0.6) is 11.5 Å². The first-order valence-electron chi connectivity index (χ1n) is 8.06. The zero-order chi connectivity index (χ0) is 16.8. The molecule has 0 aliphatic carbocycles. The minimum absolute atomic E-state index is 0. The molecule has 7 nitrogen and oxygen atoms in total. The minimum atomic E-state index is 0. The van der Waals surface area contributed by atoms with Crippen LogP contribution in [0.4, 0.5) is 0 Å². The Hall–Kier alpha value is -1.97. The van der Waals surface area contributed by atoms with Gasteiger partial charge in [-0.05, 0) is 23.8 Å². The highest BCUT2D eigenvalue weighted by Gasteiger charge is 2.10. The number of nitrogens with zero attached hydrogens (tertiary/aromatic N) is 3. The van der Waals surface area contributed by atoms with Crippen LogP contribution in [0.25, 0.3) is 0 Å². The monoisotopic (exact) mass is 457 g/mol. The summed E-state index contributed by atoms with van der Waals surface area (Å²) in [7, 11) is 3.68. The molecule has 1 aliphatic rings. The Bertz CT molecular complexity index is 717. The van der Waals surface area contributed by atoms with Crippen LogP contribution in [0.3, 0.4) is 0 Å². The van der Waals surface area contributed by atoms with Gasteiger partial charge >= 0.3 is 0 Å². The lowest BCUT2D eigenvalue weighted by Gasteiger charge is -2.13. The molecule has 0 spiro atoms. The average Bonchev–Trinajstić information content (AvgIpc) is 2.87. The van der Waals surface area contributed by atoms with E-state index in [0.717, 1.165) is 35.1 Å². The molecule has 0 saturated carbocycles. The quantitative estimate of drug-likeness (QED) is 0.418. The topological polar surface area (TPSA) is 72.7 Å². The van der Waals surface area contributed by atoms with E-state index < -0.39 is 0 Å². The van der Waals surface area contributed by atoms with E-state index in [4.69, 9.17) is 9.47 Å². The number of benzene rings is 1. The van der Waals surface area contributed by atoms with Gasteiger partial charge in [0.1, 0.15) is 0 Å². The van der Waals surface area contributed by atoms with Crippen LogP contribution < -0.4 is 20.1 Å². The van der Waals surface area contributed by atoms with Crippen LogP contribution in [-0.2, 0) is 20.1 Å². The number of halogens is 1.